The summed E-state index contributed by atoms with van der Waals surface area (Å²) in [6.07, 6.45) is -2.67. The van der Waals surface area contributed by atoms with Crippen LogP contribution in [0.1, 0.15) is 52.8 Å². The summed E-state index contributed by atoms with van der Waals surface area (Å²) in [5, 5.41) is 11.8. The van der Waals surface area contributed by atoms with Crippen LogP contribution in [0.25, 0.3) is 22.4 Å². The van der Waals surface area contributed by atoms with Crippen LogP contribution in [-0.2, 0) is 11.8 Å². The third-order valence-corrected chi connectivity index (χ3v) is 7.89. The SMILES string of the molecule is COc1ccc(-c2nc(C(=O)N3CCC(O)(c4ncc(Cl)s4)CC3)c([C@H](C)N)o2)c2ccc(C(F)(F)F)nc12. The highest BCUT2D eigenvalue weighted by Gasteiger charge is 2.39. The number of ether oxygens (including phenoxy) is 1. The molecule has 1 amide bonds. The minimum Gasteiger partial charge on any atom is -0.494 e. The van der Waals surface area contributed by atoms with Crippen molar-refractivity contribution in [2.45, 2.75) is 37.6 Å². The number of halogens is 4. The molecular weight excluding hydrogens is 559 g/mol. The Labute approximate surface area is 229 Å². The van der Waals surface area contributed by atoms with Gasteiger partial charge < -0.3 is 24.9 Å². The highest BCUT2D eigenvalue weighted by Crippen LogP contribution is 2.39. The summed E-state index contributed by atoms with van der Waals surface area (Å²) in [6, 6.07) is 4.44. The van der Waals surface area contributed by atoms with Gasteiger partial charge in [0.2, 0.25) is 5.89 Å². The lowest BCUT2D eigenvalue weighted by Gasteiger charge is -2.36. The van der Waals surface area contributed by atoms with E-state index in [1.54, 1.807) is 17.9 Å². The molecule has 39 heavy (non-hydrogen) atoms. The van der Waals surface area contributed by atoms with Crippen LogP contribution in [0.5, 0.6) is 5.75 Å². The first kappa shape index (κ1) is 27.3. The van der Waals surface area contributed by atoms with Gasteiger partial charge in [0.25, 0.3) is 5.91 Å². The summed E-state index contributed by atoms with van der Waals surface area (Å²) in [5.74, 6) is -0.165. The third-order valence-electron chi connectivity index (χ3n) is 6.58. The lowest BCUT2D eigenvalue weighted by Crippen LogP contribution is -2.45. The quantitative estimate of drug-likeness (QED) is 0.330. The van der Waals surface area contributed by atoms with Crippen molar-refractivity contribution >= 4 is 39.7 Å². The average molecular weight is 582 g/mol. The van der Waals surface area contributed by atoms with E-state index in [4.69, 9.17) is 26.5 Å². The number of oxazole rings is 1. The standard InChI is InChI=1S/C25H23ClF3N5O4S/c1-12(30)20-19(22(35)34-9-7-24(36,8-10-34)23-31-11-17(26)39-23)33-21(38-20)14-3-5-15(37-2)18-13(14)4-6-16(32-18)25(27,28)29/h3-6,11-12,36H,7-10,30H2,1-2H3/t12-/m0/s1. The van der Waals surface area contributed by atoms with Gasteiger partial charge in [-0.3, -0.25) is 4.79 Å². The summed E-state index contributed by atoms with van der Waals surface area (Å²) in [5.41, 5.74) is 4.11. The monoisotopic (exact) mass is 581 g/mol. The fraction of sp³-hybridized carbons (Fsp3) is 0.360. The van der Waals surface area contributed by atoms with Crippen LogP contribution in [0.2, 0.25) is 4.34 Å². The van der Waals surface area contributed by atoms with Gasteiger partial charge in [0.15, 0.2) is 11.5 Å². The Kier molecular flexibility index (Phi) is 7.04. The van der Waals surface area contributed by atoms with Crippen molar-refractivity contribution in [1.29, 1.82) is 0 Å². The number of rotatable bonds is 5. The number of thiazole rings is 1. The van der Waals surface area contributed by atoms with E-state index < -0.39 is 29.4 Å². The number of aliphatic hydroxyl groups is 1. The molecule has 1 aliphatic heterocycles. The Morgan fingerprint density at radius 2 is 1.97 bits per heavy atom. The fourth-order valence-electron chi connectivity index (χ4n) is 4.52. The van der Waals surface area contributed by atoms with Crippen LogP contribution >= 0.6 is 22.9 Å². The van der Waals surface area contributed by atoms with Gasteiger partial charge in [-0.05, 0) is 31.2 Å². The zero-order valence-corrected chi connectivity index (χ0v) is 22.3. The van der Waals surface area contributed by atoms with Crippen LogP contribution in [0, 0.1) is 0 Å². The van der Waals surface area contributed by atoms with Crippen molar-refractivity contribution in [1.82, 2.24) is 19.9 Å². The normalized spacial score (nSPS) is 16.5. The number of methoxy groups -OCH3 is 1. The van der Waals surface area contributed by atoms with Crippen LogP contribution in [0.4, 0.5) is 13.2 Å². The fourth-order valence-corrected chi connectivity index (χ4v) is 5.58. The second-order valence-corrected chi connectivity index (χ2v) is 10.9. The van der Waals surface area contributed by atoms with Gasteiger partial charge in [-0.1, -0.05) is 11.6 Å². The van der Waals surface area contributed by atoms with Gasteiger partial charge in [0.05, 0.1) is 19.3 Å². The number of hydrogen-bond donors (Lipinski definition) is 2. The lowest BCUT2D eigenvalue weighted by molar-refractivity contribution is -0.140. The molecule has 1 saturated heterocycles. The number of alkyl halides is 3. The zero-order chi connectivity index (χ0) is 28.1. The van der Waals surface area contributed by atoms with Gasteiger partial charge >= 0.3 is 6.18 Å². The molecule has 0 spiro atoms. The van der Waals surface area contributed by atoms with E-state index in [0.717, 1.165) is 6.07 Å². The molecular formula is C25H23ClF3N5O4S. The first-order valence-electron chi connectivity index (χ1n) is 11.9. The highest BCUT2D eigenvalue weighted by atomic mass is 35.5. The predicted molar refractivity (Wildman–Crippen MR) is 138 cm³/mol. The van der Waals surface area contributed by atoms with Crippen LogP contribution in [0.15, 0.2) is 34.9 Å². The summed E-state index contributed by atoms with van der Waals surface area (Å²) in [6.45, 7) is 2.08. The van der Waals surface area contributed by atoms with Gasteiger partial charge in [-0.25, -0.2) is 15.0 Å². The Morgan fingerprint density at radius 1 is 1.26 bits per heavy atom. The molecule has 3 aromatic heterocycles. The first-order chi connectivity index (χ1) is 18.4. The number of aromatic nitrogens is 3. The van der Waals surface area contributed by atoms with Crippen LogP contribution in [-0.4, -0.2) is 51.1 Å². The molecule has 14 heteroatoms. The van der Waals surface area contributed by atoms with E-state index in [1.165, 1.54) is 36.8 Å². The highest BCUT2D eigenvalue weighted by molar-refractivity contribution is 7.15. The second-order valence-electron chi connectivity index (χ2n) is 9.22. The molecule has 0 saturated carbocycles. The van der Waals surface area contributed by atoms with E-state index in [2.05, 4.69) is 15.0 Å². The van der Waals surface area contributed by atoms with Crippen molar-refractivity contribution in [2.75, 3.05) is 20.2 Å². The summed E-state index contributed by atoms with van der Waals surface area (Å²) in [7, 11) is 1.33. The molecule has 1 atom stereocenters. The predicted octanol–water partition coefficient (Wildman–Crippen LogP) is 5.17. The van der Waals surface area contributed by atoms with Crippen molar-refractivity contribution in [2.24, 2.45) is 5.73 Å². The lowest BCUT2D eigenvalue weighted by atomic mass is 9.92. The number of benzene rings is 1. The number of amides is 1. The average Bonchev–Trinajstić information content (AvgIpc) is 3.54. The van der Waals surface area contributed by atoms with Gasteiger partial charge in [-0.2, -0.15) is 13.2 Å². The molecule has 5 rings (SSSR count). The van der Waals surface area contributed by atoms with E-state index in [-0.39, 0.29) is 54.5 Å². The minimum atomic E-state index is -4.65. The Balaban J connectivity index is 1.49. The maximum Gasteiger partial charge on any atom is 0.433 e. The summed E-state index contributed by atoms with van der Waals surface area (Å²) >= 11 is 7.16. The van der Waals surface area contributed by atoms with Crippen molar-refractivity contribution < 1.29 is 32.2 Å². The van der Waals surface area contributed by atoms with Gasteiger partial charge in [0, 0.05) is 36.9 Å². The summed E-state index contributed by atoms with van der Waals surface area (Å²) in [4.78, 5) is 27.4. The number of likely N-dealkylation sites (tertiary alicyclic amines) is 1. The molecule has 206 valence electrons. The summed E-state index contributed by atoms with van der Waals surface area (Å²) < 4.78 is 51.6. The number of nitrogens with two attached hydrogens (primary N) is 1. The Morgan fingerprint density at radius 3 is 2.56 bits per heavy atom. The number of pyridine rings is 1. The molecule has 0 radical (unpaired) electrons. The Bertz CT molecular complexity index is 1550. The molecule has 1 aliphatic rings. The molecule has 4 heterocycles. The van der Waals surface area contributed by atoms with E-state index in [1.807, 2.05) is 0 Å². The first-order valence-corrected chi connectivity index (χ1v) is 13.1. The van der Waals surface area contributed by atoms with E-state index in [0.29, 0.717) is 20.3 Å². The van der Waals surface area contributed by atoms with Gasteiger partial charge in [0.1, 0.15) is 31.9 Å². The maximum absolute atomic E-state index is 13.5. The van der Waals surface area contributed by atoms with Crippen molar-refractivity contribution in [3.63, 3.8) is 0 Å². The molecule has 3 N–H and O–H groups in total. The topological polar surface area (TPSA) is 128 Å². The van der Waals surface area contributed by atoms with E-state index >= 15 is 0 Å². The molecule has 1 aromatic carbocycles. The molecule has 4 aromatic rings. The Hall–Kier alpha value is -3.26. The second kappa shape index (κ2) is 10.0. The molecule has 9 nitrogen and oxygen atoms in total. The number of hydrogen-bond acceptors (Lipinski definition) is 9. The smallest absolute Gasteiger partial charge is 0.433 e. The van der Waals surface area contributed by atoms with E-state index in [9.17, 15) is 23.1 Å². The molecule has 0 aliphatic carbocycles. The molecule has 1 fully saturated rings. The number of carbonyl (C=O) groups is 1. The molecule has 0 unspecified atom stereocenters. The van der Waals surface area contributed by atoms with Gasteiger partial charge in [-0.15, -0.1) is 11.3 Å². The maximum atomic E-state index is 13.5. The number of carbonyl (C=O) groups excluding carboxylic acids is 1. The van der Waals surface area contributed by atoms with Crippen molar-refractivity contribution in [3.8, 4) is 17.2 Å². The largest absolute Gasteiger partial charge is 0.494 e. The number of nitrogens with zero attached hydrogens (tertiary/aromatic N) is 4. The minimum absolute atomic E-state index is 0.00537. The van der Waals surface area contributed by atoms with Crippen molar-refractivity contribution in [3.05, 3.63) is 57.0 Å². The third kappa shape index (κ3) is 5.07. The van der Waals surface area contributed by atoms with Crippen LogP contribution < -0.4 is 10.5 Å². The molecule has 0 bridgehead atoms. The number of piperidine rings is 1. The zero-order valence-electron chi connectivity index (χ0n) is 20.8. The van der Waals surface area contributed by atoms with Crippen LogP contribution in [0.3, 0.4) is 0 Å². The number of fused-ring (bicyclic) bond motifs is 1.